The van der Waals surface area contributed by atoms with E-state index in [0.717, 1.165) is 36.1 Å². The third kappa shape index (κ3) is 3.34. The Balaban J connectivity index is 2.01. The molecular formula is C12H18N4OS2. The van der Waals surface area contributed by atoms with Gasteiger partial charge in [-0.05, 0) is 13.3 Å². The number of likely N-dealkylation sites (N-methyl/N-ethyl adjacent to an activating group) is 1. The summed E-state index contributed by atoms with van der Waals surface area (Å²) in [5.41, 5.74) is 6.53. The molecule has 0 aliphatic carbocycles. The first-order valence-electron chi connectivity index (χ1n) is 6.06. The third-order valence-corrected chi connectivity index (χ3v) is 5.07. The minimum Gasteiger partial charge on any atom is -0.396 e. The summed E-state index contributed by atoms with van der Waals surface area (Å²) in [6.07, 6.45) is 2.15. The molecular weight excluding hydrogens is 280 g/mol. The third-order valence-electron chi connectivity index (χ3n) is 3.04. The molecule has 0 spiro atoms. The van der Waals surface area contributed by atoms with Gasteiger partial charge in [0.2, 0.25) is 0 Å². The Morgan fingerprint density at radius 1 is 1.68 bits per heavy atom. The maximum Gasteiger partial charge on any atom is 0.131 e. The first-order valence-corrected chi connectivity index (χ1v) is 8.10. The molecule has 1 unspecified atom stereocenters. The zero-order valence-electron chi connectivity index (χ0n) is 11.1. The monoisotopic (exact) mass is 298 g/mol. The molecule has 0 radical (unpaired) electrons. The number of nitrogens with zero attached hydrogens (tertiary/aromatic N) is 2. The summed E-state index contributed by atoms with van der Waals surface area (Å²) in [7, 11) is 2.10. The second kappa shape index (κ2) is 6.48. The van der Waals surface area contributed by atoms with Gasteiger partial charge in [0.25, 0.3) is 0 Å². The number of hydrogen-bond acceptors (Lipinski definition) is 7. The van der Waals surface area contributed by atoms with Crippen LogP contribution in [0.1, 0.15) is 4.88 Å². The molecule has 1 fully saturated rings. The van der Waals surface area contributed by atoms with Crippen molar-refractivity contribution in [2.45, 2.75) is 11.0 Å². The molecule has 1 aliphatic heterocycles. The number of ether oxygens (including phenoxy) is 1. The average molecular weight is 298 g/mol. The van der Waals surface area contributed by atoms with Crippen molar-refractivity contribution >= 4 is 33.8 Å². The smallest absolute Gasteiger partial charge is 0.131 e. The van der Waals surface area contributed by atoms with Crippen LogP contribution in [0, 0.1) is 11.3 Å². The van der Waals surface area contributed by atoms with Gasteiger partial charge in [-0.15, -0.1) is 23.1 Å². The molecule has 0 amide bonds. The highest BCUT2D eigenvalue weighted by Crippen LogP contribution is 2.41. The van der Waals surface area contributed by atoms with Crippen LogP contribution in [0.3, 0.4) is 0 Å². The fraction of sp³-hybridized carbons (Fsp3) is 0.583. The van der Waals surface area contributed by atoms with Crippen LogP contribution in [0.2, 0.25) is 0 Å². The Bertz CT molecular complexity index is 483. The minimum atomic E-state index is 0.183. The minimum absolute atomic E-state index is 0.183. The maximum absolute atomic E-state index is 9.02. The molecule has 5 nitrogen and oxygen atoms in total. The van der Waals surface area contributed by atoms with Crippen LogP contribution in [-0.4, -0.2) is 50.5 Å². The van der Waals surface area contributed by atoms with E-state index in [0.29, 0.717) is 10.6 Å². The number of hydrogen-bond donors (Lipinski definition) is 2. The molecule has 1 aromatic rings. The zero-order valence-corrected chi connectivity index (χ0v) is 12.7. The summed E-state index contributed by atoms with van der Waals surface area (Å²) in [4.78, 5) is 3.80. The first kappa shape index (κ1) is 14.5. The van der Waals surface area contributed by atoms with E-state index in [1.165, 1.54) is 11.3 Å². The summed E-state index contributed by atoms with van der Waals surface area (Å²) >= 11 is 2.98. The van der Waals surface area contributed by atoms with E-state index in [1.807, 2.05) is 6.26 Å². The number of morpholine rings is 1. The number of thiophene rings is 1. The number of nitrogen functional groups attached to an aromatic ring is 1. The Kier molecular flexibility index (Phi) is 4.93. The molecule has 2 rings (SSSR count). The number of nitrogens with one attached hydrogen (secondary N) is 1. The zero-order chi connectivity index (χ0) is 13.8. The van der Waals surface area contributed by atoms with E-state index < -0.39 is 0 Å². The van der Waals surface area contributed by atoms with Gasteiger partial charge in [-0.25, -0.2) is 0 Å². The fourth-order valence-corrected chi connectivity index (χ4v) is 3.87. The van der Waals surface area contributed by atoms with Crippen molar-refractivity contribution in [3.8, 4) is 6.07 Å². The van der Waals surface area contributed by atoms with Crippen molar-refractivity contribution in [2.24, 2.45) is 0 Å². The van der Waals surface area contributed by atoms with Crippen LogP contribution >= 0.6 is 23.1 Å². The number of rotatable bonds is 4. The molecule has 2 heterocycles. The summed E-state index contributed by atoms with van der Waals surface area (Å²) in [5.74, 6) is 0. The summed E-state index contributed by atoms with van der Waals surface area (Å²) in [6, 6.07) is 2.14. The predicted molar refractivity (Wildman–Crippen MR) is 81.0 cm³/mol. The van der Waals surface area contributed by atoms with E-state index in [4.69, 9.17) is 15.7 Å². The molecule has 3 N–H and O–H groups in total. The lowest BCUT2D eigenvalue weighted by atomic mass is 10.3. The van der Waals surface area contributed by atoms with Gasteiger partial charge in [-0.2, -0.15) is 5.26 Å². The Morgan fingerprint density at radius 3 is 3.11 bits per heavy atom. The summed E-state index contributed by atoms with van der Waals surface area (Å²) in [6.45, 7) is 3.42. The van der Waals surface area contributed by atoms with E-state index in [2.05, 4.69) is 23.3 Å². The Labute approximate surface area is 121 Å². The van der Waals surface area contributed by atoms with Crippen LogP contribution in [0.15, 0.2) is 4.90 Å². The highest BCUT2D eigenvalue weighted by Gasteiger charge is 2.20. The van der Waals surface area contributed by atoms with Crippen molar-refractivity contribution in [2.75, 3.05) is 50.6 Å². The normalized spacial score (nSPS) is 20.2. The van der Waals surface area contributed by atoms with Crippen molar-refractivity contribution in [3.63, 3.8) is 0 Å². The van der Waals surface area contributed by atoms with Crippen LogP contribution in [-0.2, 0) is 4.74 Å². The van der Waals surface area contributed by atoms with Gasteiger partial charge >= 0.3 is 0 Å². The van der Waals surface area contributed by atoms with Crippen molar-refractivity contribution in [1.82, 2.24) is 4.90 Å². The van der Waals surface area contributed by atoms with Crippen LogP contribution in [0.25, 0.3) is 0 Å². The lowest BCUT2D eigenvalue weighted by molar-refractivity contribution is -0.0117. The lowest BCUT2D eigenvalue weighted by Crippen LogP contribution is -2.43. The van der Waals surface area contributed by atoms with Crippen molar-refractivity contribution in [3.05, 3.63) is 4.88 Å². The second-order valence-corrected chi connectivity index (χ2v) is 6.29. The number of thioether (sulfide) groups is 1. The summed E-state index contributed by atoms with van der Waals surface area (Å²) in [5, 5.41) is 13.4. The largest absolute Gasteiger partial charge is 0.396 e. The molecule has 1 atom stereocenters. The van der Waals surface area contributed by atoms with Gasteiger partial charge in [-0.1, -0.05) is 0 Å². The van der Waals surface area contributed by atoms with Crippen LogP contribution in [0.4, 0.5) is 10.7 Å². The van der Waals surface area contributed by atoms with Gasteiger partial charge in [0.05, 0.1) is 23.3 Å². The molecule has 1 aromatic heterocycles. The SMILES string of the molecule is CSc1c(NCC2CN(C)CCO2)sc(C#N)c1N. The number of nitrogens with two attached hydrogens (primary N) is 1. The van der Waals surface area contributed by atoms with Gasteiger partial charge in [0.1, 0.15) is 15.9 Å². The van der Waals surface area contributed by atoms with Crippen LogP contribution in [0.5, 0.6) is 0 Å². The molecule has 0 bridgehead atoms. The molecule has 7 heteroatoms. The van der Waals surface area contributed by atoms with Crippen LogP contribution < -0.4 is 11.1 Å². The Hall–Kier alpha value is -0.940. The predicted octanol–water partition coefficient (Wildman–Crippen LogP) is 1.67. The van der Waals surface area contributed by atoms with Gasteiger partial charge < -0.3 is 20.7 Å². The first-order chi connectivity index (χ1) is 9.15. The van der Waals surface area contributed by atoms with E-state index >= 15 is 0 Å². The highest BCUT2D eigenvalue weighted by molar-refractivity contribution is 7.99. The maximum atomic E-state index is 9.02. The fourth-order valence-electron chi connectivity index (χ4n) is 2.03. The molecule has 0 saturated carbocycles. The molecule has 1 aliphatic rings. The quantitative estimate of drug-likeness (QED) is 0.824. The average Bonchev–Trinajstić information content (AvgIpc) is 2.72. The topological polar surface area (TPSA) is 74.3 Å². The van der Waals surface area contributed by atoms with Crippen molar-refractivity contribution in [1.29, 1.82) is 5.26 Å². The van der Waals surface area contributed by atoms with E-state index in [-0.39, 0.29) is 6.10 Å². The molecule has 0 aromatic carbocycles. The molecule has 1 saturated heterocycles. The van der Waals surface area contributed by atoms with Gasteiger partial charge in [0.15, 0.2) is 0 Å². The summed E-state index contributed by atoms with van der Waals surface area (Å²) < 4.78 is 5.70. The van der Waals surface area contributed by atoms with Gasteiger partial charge in [0, 0.05) is 19.6 Å². The second-order valence-electron chi connectivity index (χ2n) is 4.45. The van der Waals surface area contributed by atoms with E-state index in [1.54, 1.807) is 11.8 Å². The Morgan fingerprint density at radius 2 is 2.47 bits per heavy atom. The van der Waals surface area contributed by atoms with E-state index in [9.17, 15) is 0 Å². The highest BCUT2D eigenvalue weighted by atomic mass is 32.2. The van der Waals surface area contributed by atoms with Crippen molar-refractivity contribution < 1.29 is 4.74 Å². The molecule has 19 heavy (non-hydrogen) atoms. The molecule has 104 valence electrons. The van der Waals surface area contributed by atoms with Gasteiger partial charge in [-0.3, -0.25) is 0 Å². The standard InChI is InChI=1S/C12H18N4OS2/c1-16-3-4-17-8(7-16)6-15-12-11(18-2)10(14)9(5-13)19-12/h8,15H,3-4,6-7,14H2,1-2H3. The number of nitriles is 1. The number of anilines is 2. The lowest BCUT2D eigenvalue weighted by Gasteiger charge is -2.30.